The van der Waals surface area contributed by atoms with Gasteiger partial charge in [-0.1, -0.05) is 24.3 Å². The van der Waals surface area contributed by atoms with E-state index in [0.29, 0.717) is 18.0 Å². The molecule has 0 atom stereocenters. The number of hydrogen-bond donors (Lipinski definition) is 1. The summed E-state index contributed by atoms with van der Waals surface area (Å²) >= 11 is 0. The molecule has 2 aromatic carbocycles. The van der Waals surface area contributed by atoms with E-state index in [1.54, 1.807) is 27.2 Å². The lowest BCUT2D eigenvalue weighted by Gasteiger charge is -2.37. The van der Waals surface area contributed by atoms with Gasteiger partial charge in [0.15, 0.2) is 12.6 Å². The Kier molecular flexibility index (Phi) is 7.70. The molecule has 1 amide bonds. The number of aliphatic imine (C=N–C) groups is 1. The lowest BCUT2D eigenvalue weighted by atomic mass is 10.2. The zero-order chi connectivity index (χ0) is 22.2. The number of benzene rings is 2. The van der Waals surface area contributed by atoms with Gasteiger partial charge in [-0.3, -0.25) is 9.79 Å². The Morgan fingerprint density at radius 2 is 1.87 bits per heavy atom. The van der Waals surface area contributed by atoms with Gasteiger partial charge in [-0.05, 0) is 29.8 Å². The number of hydrogen-bond acceptors (Lipinski definition) is 4. The Bertz CT molecular complexity index is 910. The van der Waals surface area contributed by atoms with Crippen molar-refractivity contribution in [3.05, 3.63) is 59.9 Å². The highest BCUT2D eigenvalue weighted by atomic mass is 19.1. The molecule has 1 aliphatic heterocycles. The van der Waals surface area contributed by atoms with E-state index in [1.165, 1.54) is 11.0 Å². The van der Waals surface area contributed by atoms with E-state index >= 15 is 0 Å². The minimum absolute atomic E-state index is 0.0117. The fourth-order valence-electron chi connectivity index (χ4n) is 3.40. The normalized spacial score (nSPS) is 14.4. The van der Waals surface area contributed by atoms with Gasteiger partial charge in [0.05, 0.1) is 5.69 Å². The second kappa shape index (κ2) is 10.7. The number of nitrogens with zero attached hydrogens (tertiary/aromatic N) is 4. The molecule has 8 heteroatoms. The zero-order valence-electron chi connectivity index (χ0n) is 18.3. The van der Waals surface area contributed by atoms with Gasteiger partial charge in [0.25, 0.3) is 5.91 Å². The van der Waals surface area contributed by atoms with Gasteiger partial charge in [-0.2, -0.15) is 0 Å². The minimum Gasteiger partial charge on any atom is -0.484 e. The first-order valence-corrected chi connectivity index (χ1v) is 10.3. The first-order valence-electron chi connectivity index (χ1n) is 10.3. The van der Waals surface area contributed by atoms with E-state index in [2.05, 4.69) is 20.1 Å². The van der Waals surface area contributed by atoms with Crippen LogP contribution in [0, 0.1) is 5.82 Å². The molecule has 0 saturated carbocycles. The Morgan fingerprint density at radius 1 is 1.13 bits per heavy atom. The lowest BCUT2D eigenvalue weighted by molar-refractivity contribution is -0.130. The molecule has 3 rings (SSSR count). The lowest BCUT2D eigenvalue weighted by Crippen LogP contribution is -2.52. The molecule has 1 saturated heterocycles. The van der Waals surface area contributed by atoms with E-state index in [4.69, 9.17) is 4.74 Å². The third-order valence-electron chi connectivity index (χ3n) is 5.19. The predicted octanol–water partition coefficient (Wildman–Crippen LogP) is 2.19. The fourth-order valence-corrected chi connectivity index (χ4v) is 3.40. The van der Waals surface area contributed by atoms with E-state index in [-0.39, 0.29) is 18.3 Å². The molecule has 166 valence electrons. The van der Waals surface area contributed by atoms with Crippen LogP contribution in [0.1, 0.15) is 5.56 Å². The molecular weight excluding hydrogens is 397 g/mol. The first-order chi connectivity index (χ1) is 15.0. The zero-order valence-corrected chi connectivity index (χ0v) is 18.3. The second-order valence-corrected chi connectivity index (χ2v) is 7.55. The maximum atomic E-state index is 14.1. The van der Waals surface area contributed by atoms with Gasteiger partial charge in [0.1, 0.15) is 11.6 Å². The molecule has 0 aromatic heterocycles. The number of rotatable bonds is 6. The molecule has 1 aliphatic rings. The number of anilines is 1. The monoisotopic (exact) mass is 427 g/mol. The van der Waals surface area contributed by atoms with Crippen LogP contribution in [0.25, 0.3) is 0 Å². The molecule has 31 heavy (non-hydrogen) atoms. The summed E-state index contributed by atoms with van der Waals surface area (Å²) < 4.78 is 19.6. The van der Waals surface area contributed by atoms with Crippen LogP contribution in [0.2, 0.25) is 0 Å². The summed E-state index contributed by atoms with van der Waals surface area (Å²) in [6.07, 6.45) is 0. The largest absolute Gasteiger partial charge is 0.484 e. The first kappa shape index (κ1) is 22.4. The van der Waals surface area contributed by atoms with Crippen LogP contribution in [-0.4, -0.2) is 75.6 Å². The van der Waals surface area contributed by atoms with Crippen LogP contribution in [0.3, 0.4) is 0 Å². The number of nitrogens with one attached hydrogen (secondary N) is 1. The van der Waals surface area contributed by atoms with E-state index in [9.17, 15) is 9.18 Å². The second-order valence-electron chi connectivity index (χ2n) is 7.55. The van der Waals surface area contributed by atoms with Gasteiger partial charge in [-0.25, -0.2) is 4.39 Å². The van der Waals surface area contributed by atoms with Gasteiger partial charge in [0, 0.05) is 53.9 Å². The summed E-state index contributed by atoms with van der Waals surface area (Å²) in [5.74, 6) is 1.19. The molecule has 1 heterocycles. The van der Waals surface area contributed by atoms with Crippen molar-refractivity contribution in [1.29, 1.82) is 0 Å². The van der Waals surface area contributed by atoms with Crippen molar-refractivity contribution in [2.45, 2.75) is 6.54 Å². The molecule has 0 spiro atoms. The van der Waals surface area contributed by atoms with Crippen molar-refractivity contribution in [2.75, 3.05) is 58.8 Å². The maximum absolute atomic E-state index is 14.1. The molecule has 0 bridgehead atoms. The number of piperazine rings is 1. The smallest absolute Gasteiger partial charge is 0.259 e. The number of halogens is 1. The summed E-state index contributed by atoms with van der Waals surface area (Å²) in [5.41, 5.74) is 1.68. The van der Waals surface area contributed by atoms with Gasteiger partial charge in [-0.15, -0.1) is 0 Å². The van der Waals surface area contributed by atoms with Crippen LogP contribution in [0.4, 0.5) is 10.1 Å². The van der Waals surface area contributed by atoms with Crippen molar-refractivity contribution in [3.63, 3.8) is 0 Å². The van der Waals surface area contributed by atoms with Gasteiger partial charge < -0.3 is 24.8 Å². The Morgan fingerprint density at radius 3 is 2.55 bits per heavy atom. The van der Waals surface area contributed by atoms with Crippen LogP contribution < -0.4 is 15.0 Å². The third-order valence-corrected chi connectivity index (χ3v) is 5.19. The van der Waals surface area contributed by atoms with Crippen LogP contribution in [0.15, 0.2) is 53.5 Å². The van der Waals surface area contributed by atoms with Crippen molar-refractivity contribution in [3.8, 4) is 5.75 Å². The highest BCUT2D eigenvalue weighted by Gasteiger charge is 2.21. The summed E-state index contributed by atoms with van der Waals surface area (Å²) in [6.45, 7) is 3.56. The highest BCUT2D eigenvalue weighted by Crippen LogP contribution is 2.20. The molecule has 7 nitrogen and oxygen atoms in total. The topological polar surface area (TPSA) is 60.4 Å². The van der Waals surface area contributed by atoms with Gasteiger partial charge >= 0.3 is 0 Å². The minimum atomic E-state index is -0.187. The molecule has 0 radical (unpaired) electrons. The number of para-hydroxylation sites is 1. The average molecular weight is 428 g/mol. The molecule has 0 aliphatic carbocycles. The quantitative estimate of drug-likeness (QED) is 0.566. The number of amides is 1. The summed E-state index contributed by atoms with van der Waals surface area (Å²) in [6, 6.07) is 14.5. The van der Waals surface area contributed by atoms with E-state index < -0.39 is 0 Å². The average Bonchev–Trinajstić information content (AvgIpc) is 2.79. The number of guanidine groups is 1. The number of carbonyl (C=O) groups excluding carboxylic acids is 1. The van der Waals surface area contributed by atoms with E-state index in [0.717, 1.165) is 37.7 Å². The SMILES string of the molecule is CN=C(NCc1cccc(OCC(=O)N(C)C)c1)N1CCN(c2ccccc2F)CC1. The van der Waals surface area contributed by atoms with Gasteiger partial charge in [0.2, 0.25) is 0 Å². The Hall–Kier alpha value is -3.29. The van der Waals surface area contributed by atoms with Crippen LogP contribution >= 0.6 is 0 Å². The standard InChI is InChI=1S/C23H30FN5O2/c1-25-23(29-13-11-28(12-14-29)21-10-5-4-9-20(21)24)26-16-18-7-6-8-19(15-18)31-17-22(30)27(2)3/h4-10,15H,11-14,16-17H2,1-3H3,(H,25,26). The predicted molar refractivity (Wildman–Crippen MR) is 121 cm³/mol. The molecule has 1 fully saturated rings. The Labute approximate surface area is 183 Å². The highest BCUT2D eigenvalue weighted by molar-refractivity contribution is 5.80. The summed E-state index contributed by atoms with van der Waals surface area (Å²) in [7, 11) is 5.17. The Balaban J connectivity index is 1.51. The van der Waals surface area contributed by atoms with Crippen molar-refractivity contribution in [1.82, 2.24) is 15.1 Å². The molecule has 1 N–H and O–H groups in total. The maximum Gasteiger partial charge on any atom is 0.259 e. The number of carbonyl (C=O) groups is 1. The summed E-state index contributed by atoms with van der Waals surface area (Å²) in [4.78, 5) is 21.8. The fraction of sp³-hybridized carbons (Fsp3) is 0.391. The molecular formula is C23H30FN5O2. The van der Waals surface area contributed by atoms with E-state index in [1.807, 2.05) is 36.4 Å². The van der Waals surface area contributed by atoms with Crippen molar-refractivity contribution in [2.24, 2.45) is 4.99 Å². The number of ether oxygens (including phenoxy) is 1. The summed E-state index contributed by atoms with van der Waals surface area (Å²) in [5, 5.41) is 3.38. The third kappa shape index (κ3) is 6.10. The molecule has 0 unspecified atom stereocenters. The van der Waals surface area contributed by atoms with Crippen molar-refractivity contribution < 1.29 is 13.9 Å². The van der Waals surface area contributed by atoms with Crippen LogP contribution in [0.5, 0.6) is 5.75 Å². The van der Waals surface area contributed by atoms with Crippen molar-refractivity contribution >= 4 is 17.6 Å². The number of likely N-dealkylation sites (N-methyl/N-ethyl adjacent to an activating group) is 1. The molecule has 2 aromatic rings. The van der Waals surface area contributed by atoms with Crippen LogP contribution in [-0.2, 0) is 11.3 Å².